The molecule has 2 aromatic rings. The fraction of sp³-hybridized carbons (Fsp3) is 0.500. The van der Waals surface area contributed by atoms with Crippen LogP contribution in [0.15, 0.2) is 18.2 Å². The number of aromatic nitrogens is 3. The molecule has 0 saturated heterocycles. The van der Waals surface area contributed by atoms with Gasteiger partial charge in [-0.05, 0) is 42.1 Å². The number of nitrogens with zero attached hydrogens (tertiary/aromatic N) is 3. The maximum atomic E-state index is 6.13. The number of nitrogens with one attached hydrogen (secondary N) is 1. The van der Waals surface area contributed by atoms with E-state index in [9.17, 15) is 0 Å². The molecule has 0 atom stereocenters. The van der Waals surface area contributed by atoms with E-state index in [0.29, 0.717) is 29.0 Å². The summed E-state index contributed by atoms with van der Waals surface area (Å²) in [6.07, 6.45) is 7.57. The van der Waals surface area contributed by atoms with E-state index in [1.165, 1.54) is 32.1 Å². The molecule has 1 saturated carbocycles. The number of ether oxygens (including phenoxy) is 2. The zero-order valence-corrected chi connectivity index (χ0v) is 16.2. The molecule has 1 fully saturated rings. The first-order valence-electron chi connectivity index (χ1n) is 8.79. The molecule has 0 radical (unpaired) electrons. The van der Waals surface area contributed by atoms with E-state index in [1.54, 1.807) is 19.2 Å². The van der Waals surface area contributed by atoms with Crippen LogP contribution in [0.2, 0.25) is 10.3 Å². The molecule has 8 heteroatoms. The average molecular weight is 397 g/mol. The van der Waals surface area contributed by atoms with Crippen LogP contribution in [0.25, 0.3) is 0 Å². The van der Waals surface area contributed by atoms with Crippen molar-refractivity contribution >= 4 is 34.8 Å². The van der Waals surface area contributed by atoms with Gasteiger partial charge >= 0.3 is 6.01 Å². The Kier molecular flexibility index (Phi) is 6.74. The van der Waals surface area contributed by atoms with Gasteiger partial charge in [-0.3, -0.25) is 0 Å². The summed E-state index contributed by atoms with van der Waals surface area (Å²) in [5, 5.41) is 3.62. The van der Waals surface area contributed by atoms with Gasteiger partial charge in [0.25, 0.3) is 0 Å². The van der Waals surface area contributed by atoms with Crippen molar-refractivity contribution in [1.82, 2.24) is 15.0 Å². The number of benzene rings is 1. The summed E-state index contributed by atoms with van der Waals surface area (Å²) in [6, 6.07) is 5.52. The quantitative estimate of drug-likeness (QED) is 0.686. The topological polar surface area (TPSA) is 69.2 Å². The predicted molar refractivity (Wildman–Crippen MR) is 103 cm³/mol. The van der Waals surface area contributed by atoms with Crippen LogP contribution in [-0.4, -0.2) is 28.7 Å². The third-order valence-corrected chi connectivity index (χ3v) is 4.94. The lowest BCUT2D eigenvalue weighted by molar-refractivity contribution is 0.233. The zero-order valence-electron chi connectivity index (χ0n) is 14.7. The molecule has 1 aliphatic carbocycles. The molecule has 26 heavy (non-hydrogen) atoms. The van der Waals surface area contributed by atoms with Gasteiger partial charge in [-0.15, -0.1) is 0 Å². The normalized spacial score (nSPS) is 14.9. The largest absolute Gasteiger partial charge is 0.495 e. The second-order valence-electron chi connectivity index (χ2n) is 6.33. The highest BCUT2D eigenvalue weighted by Gasteiger charge is 2.14. The molecule has 1 aliphatic rings. The van der Waals surface area contributed by atoms with Crippen molar-refractivity contribution in [3.63, 3.8) is 0 Å². The van der Waals surface area contributed by atoms with Gasteiger partial charge in [-0.2, -0.15) is 15.0 Å². The number of anilines is 2. The molecule has 3 rings (SSSR count). The second kappa shape index (κ2) is 9.24. The fourth-order valence-electron chi connectivity index (χ4n) is 3.12. The molecule has 6 nitrogen and oxygen atoms in total. The number of halogens is 2. The van der Waals surface area contributed by atoms with E-state index in [1.807, 2.05) is 6.07 Å². The van der Waals surface area contributed by atoms with Crippen LogP contribution in [0.5, 0.6) is 11.8 Å². The molecule has 1 heterocycles. The standard InChI is InChI=1S/C18H22Cl2N4O2/c1-25-15-8-7-13(11-14(15)19)21-17-22-16(20)23-18(24-17)26-10-9-12-5-3-2-4-6-12/h7-8,11-12H,2-6,9-10H2,1H3,(H,21,22,23,24). The lowest BCUT2D eigenvalue weighted by atomic mass is 9.87. The van der Waals surface area contributed by atoms with Crippen molar-refractivity contribution < 1.29 is 9.47 Å². The molecular formula is C18H22Cl2N4O2. The smallest absolute Gasteiger partial charge is 0.322 e. The molecule has 1 aromatic heterocycles. The number of hydrogen-bond donors (Lipinski definition) is 1. The van der Waals surface area contributed by atoms with Crippen LogP contribution in [0.3, 0.4) is 0 Å². The van der Waals surface area contributed by atoms with Gasteiger partial charge in [0.15, 0.2) is 0 Å². The highest BCUT2D eigenvalue weighted by atomic mass is 35.5. The summed E-state index contributed by atoms with van der Waals surface area (Å²) < 4.78 is 10.8. The third-order valence-electron chi connectivity index (χ3n) is 4.48. The van der Waals surface area contributed by atoms with Crippen molar-refractivity contribution in [3.05, 3.63) is 28.5 Å². The summed E-state index contributed by atoms with van der Waals surface area (Å²) in [5.41, 5.74) is 0.714. The minimum atomic E-state index is 0.0785. The summed E-state index contributed by atoms with van der Waals surface area (Å²) in [4.78, 5) is 12.4. The van der Waals surface area contributed by atoms with Gasteiger partial charge in [-0.1, -0.05) is 43.7 Å². The Labute approximate surface area is 163 Å². The zero-order chi connectivity index (χ0) is 18.4. The highest BCUT2D eigenvalue weighted by molar-refractivity contribution is 6.32. The van der Waals surface area contributed by atoms with E-state index in [4.69, 9.17) is 32.7 Å². The fourth-order valence-corrected chi connectivity index (χ4v) is 3.53. The Bertz CT molecular complexity index is 739. The van der Waals surface area contributed by atoms with Crippen molar-refractivity contribution in [1.29, 1.82) is 0 Å². The van der Waals surface area contributed by atoms with Crippen molar-refractivity contribution in [2.45, 2.75) is 38.5 Å². The van der Waals surface area contributed by atoms with Crippen LogP contribution < -0.4 is 14.8 Å². The van der Waals surface area contributed by atoms with Crippen molar-refractivity contribution in [2.75, 3.05) is 19.0 Å². The number of rotatable bonds is 7. The van der Waals surface area contributed by atoms with Gasteiger partial charge in [0, 0.05) is 5.69 Å². The van der Waals surface area contributed by atoms with Gasteiger partial charge < -0.3 is 14.8 Å². The van der Waals surface area contributed by atoms with E-state index in [2.05, 4.69) is 20.3 Å². The third kappa shape index (κ3) is 5.35. The van der Waals surface area contributed by atoms with Crippen LogP contribution in [0.1, 0.15) is 38.5 Å². The molecule has 0 spiro atoms. The minimum Gasteiger partial charge on any atom is -0.495 e. The monoisotopic (exact) mass is 396 g/mol. The van der Waals surface area contributed by atoms with Gasteiger partial charge in [-0.25, -0.2) is 0 Å². The summed E-state index contributed by atoms with van der Waals surface area (Å²) in [7, 11) is 1.57. The summed E-state index contributed by atoms with van der Waals surface area (Å²) in [6.45, 7) is 0.582. The van der Waals surface area contributed by atoms with Crippen LogP contribution in [0, 0.1) is 5.92 Å². The molecule has 0 unspecified atom stereocenters. The van der Waals surface area contributed by atoms with Crippen molar-refractivity contribution in [3.8, 4) is 11.8 Å². The number of methoxy groups -OCH3 is 1. The molecule has 0 amide bonds. The Morgan fingerprint density at radius 2 is 1.92 bits per heavy atom. The van der Waals surface area contributed by atoms with Gasteiger partial charge in [0.05, 0.1) is 18.7 Å². The molecule has 140 valence electrons. The Balaban J connectivity index is 1.60. The molecule has 0 aliphatic heterocycles. The maximum absolute atomic E-state index is 6.13. The molecule has 0 bridgehead atoms. The first kappa shape index (κ1) is 19.0. The van der Waals surface area contributed by atoms with E-state index >= 15 is 0 Å². The molecule has 1 aromatic carbocycles. The Hall–Kier alpha value is -1.79. The summed E-state index contributed by atoms with van der Waals surface area (Å²) in [5.74, 6) is 1.64. The van der Waals surface area contributed by atoms with Crippen molar-refractivity contribution in [2.24, 2.45) is 5.92 Å². The molecular weight excluding hydrogens is 375 g/mol. The van der Waals surface area contributed by atoms with E-state index in [0.717, 1.165) is 12.3 Å². The lowest BCUT2D eigenvalue weighted by Crippen LogP contribution is -2.12. The SMILES string of the molecule is COc1ccc(Nc2nc(Cl)nc(OCCC3CCCCC3)n2)cc1Cl. The Morgan fingerprint density at radius 1 is 1.12 bits per heavy atom. The number of hydrogen-bond acceptors (Lipinski definition) is 6. The summed E-state index contributed by atoms with van der Waals surface area (Å²) >= 11 is 12.1. The van der Waals surface area contributed by atoms with Gasteiger partial charge in [0.1, 0.15) is 5.75 Å². The molecule has 1 N–H and O–H groups in total. The van der Waals surface area contributed by atoms with E-state index in [-0.39, 0.29) is 11.3 Å². The highest BCUT2D eigenvalue weighted by Crippen LogP contribution is 2.29. The van der Waals surface area contributed by atoms with Crippen LogP contribution in [0.4, 0.5) is 11.6 Å². The minimum absolute atomic E-state index is 0.0785. The van der Waals surface area contributed by atoms with Crippen LogP contribution >= 0.6 is 23.2 Å². The van der Waals surface area contributed by atoms with Crippen LogP contribution in [-0.2, 0) is 0 Å². The lowest BCUT2D eigenvalue weighted by Gasteiger charge is -2.21. The van der Waals surface area contributed by atoms with E-state index < -0.39 is 0 Å². The second-order valence-corrected chi connectivity index (χ2v) is 7.07. The maximum Gasteiger partial charge on any atom is 0.322 e. The Morgan fingerprint density at radius 3 is 2.65 bits per heavy atom. The van der Waals surface area contributed by atoms with Gasteiger partial charge in [0.2, 0.25) is 11.2 Å². The first-order valence-corrected chi connectivity index (χ1v) is 9.54. The average Bonchev–Trinajstić information content (AvgIpc) is 2.62. The first-order chi connectivity index (χ1) is 12.6. The predicted octanol–water partition coefficient (Wildman–Crippen LogP) is 5.28.